The second-order valence-electron chi connectivity index (χ2n) is 5.99. The first-order valence-corrected chi connectivity index (χ1v) is 9.23. The van der Waals surface area contributed by atoms with Gasteiger partial charge in [0, 0.05) is 27.9 Å². The summed E-state index contributed by atoms with van der Waals surface area (Å²) in [5, 5.41) is 3.28. The van der Waals surface area contributed by atoms with Gasteiger partial charge in [-0.1, -0.05) is 42.5 Å². The molecule has 0 amide bonds. The molecular formula is C20H20IN3O. The van der Waals surface area contributed by atoms with Crippen LogP contribution >= 0.6 is 22.6 Å². The van der Waals surface area contributed by atoms with Crippen molar-refractivity contribution in [3.8, 4) is 11.3 Å². The lowest BCUT2D eigenvalue weighted by molar-refractivity contribution is 0.0987. The molecule has 1 atom stereocenters. The lowest BCUT2D eigenvalue weighted by Crippen LogP contribution is -2.27. The molecule has 0 unspecified atom stereocenters. The largest absolute Gasteiger partial charge is 0.336 e. The van der Waals surface area contributed by atoms with Crippen molar-refractivity contribution in [2.45, 2.75) is 13.0 Å². The monoisotopic (exact) mass is 445 g/mol. The highest BCUT2D eigenvalue weighted by molar-refractivity contribution is 14.1. The number of hydrogen-bond acceptors (Lipinski definition) is 3. The molecule has 1 N–H and O–H groups in total. The van der Waals surface area contributed by atoms with Crippen molar-refractivity contribution in [1.29, 1.82) is 0 Å². The van der Waals surface area contributed by atoms with Gasteiger partial charge in [-0.15, -0.1) is 0 Å². The number of Topliss-reactive ketones (excluding diaryl/α,β-unsaturated/α-hetero) is 1. The number of imidazole rings is 1. The number of halogens is 1. The number of carbonyl (C=O) groups is 1. The first-order chi connectivity index (χ1) is 12.0. The van der Waals surface area contributed by atoms with Gasteiger partial charge in [-0.25, -0.2) is 4.98 Å². The van der Waals surface area contributed by atoms with Gasteiger partial charge in [0.15, 0.2) is 5.78 Å². The fourth-order valence-corrected chi connectivity index (χ4v) is 3.07. The number of carbonyl (C=O) groups excluding carboxylic acids is 1. The van der Waals surface area contributed by atoms with E-state index in [1.165, 1.54) is 3.57 Å². The second-order valence-corrected chi connectivity index (χ2v) is 7.24. The van der Waals surface area contributed by atoms with Crippen LogP contribution in [0.1, 0.15) is 29.1 Å². The highest BCUT2D eigenvalue weighted by atomic mass is 127. The Labute approximate surface area is 161 Å². The SMILES string of the molecule is C[C@@H](NCC(=O)c1ccccc1)c1nc(-c2ccc(I)cc2)cn1C. The fourth-order valence-electron chi connectivity index (χ4n) is 2.71. The van der Waals surface area contributed by atoms with Crippen molar-refractivity contribution in [2.75, 3.05) is 6.54 Å². The number of aryl methyl sites for hydroxylation is 1. The molecule has 3 rings (SSSR count). The quantitative estimate of drug-likeness (QED) is 0.457. The Morgan fingerprint density at radius 1 is 1.16 bits per heavy atom. The molecule has 3 aromatic rings. The van der Waals surface area contributed by atoms with E-state index in [-0.39, 0.29) is 18.4 Å². The van der Waals surface area contributed by atoms with E-state index in [2.05, 4.69) is 52.2 Å². The van der Waals surface area contributed by atoms with Gasteiger partial charge in [-0.05, 0) is 41.6 Å². The maximum Gasteiger partial charge on any atom is 0.176 e. The average Bonchev–Trinajstić information content (AvgIpc) is 3.02. The van der Waals surface area contributed by atoms with E-state index in [1.807, 2.05) is 55.1 Å². The van der Waals surface area contributed by atoms with E-state index < -0.39 is 0 Å². The number of hydrogen-bond donors (Lipinski definition) is 1. The van der Waals surface area contributed by atoms with Gasteiger partial charge in [0.1, 0.15) is 5.82 Å². The summed E-state index contributed by atoms with van der Waals surface area (Å²) in [4.78, 5) is 17.0. The van der Waals surface area contributed by atoms with Gasteiger partial charge in [0.25, 0.3) is 0 Å². The molecular weight excluding hydrogens is 425 g/mol. The van der Waals surface area contributed by atoms with Crippen LogP contribution in [-0.4, -0.2) is 21.9 Å². The van der Waals surface area contributed by atoms with Crippen LogP contribution in [0.15, 0.2) is 60.8 Å². The van der Waals surface area contributed by atoms with Crippen molar-refractivity contribution in [1.82, 2.24) is 14.9 Å². The summed E-state index contributed by atoms with van der Waals surface area (Å²) in [5.74, 6) is 0.994. The van der Waals surface area contributed by atoms with Crippen LogP contribution < -0.4 is 5.32 Å². The zero-order valence-electron chi connectivity index (χ0n) is 14.2. The molecule has 0 fully saturated rings. The third kappa shape index (κ3) is 4.35. The molecule has 0 saturated heterocycles. The van der Waals surface area contributed by atoms with Crippen molar-refractivity contribution >= 4 is 28.4 Å². The third-order valence-corrected chi connectivity index (χ3v) is 4.82. The summed E-state index contributed by atoms with van der Waals surface area (Å²) >= 11 is 2.29. The number of nitrogens with one attached hydrogen (secondary N) is 1. The Morgan fingerprint density at radius 2 is 1.84 bits per heavy atom. The molecule has 0 saturated carbocycles. The molecule has 0 aliphatic rings. The van der Waals surface area contributed by atoms with Crippen LogP contribution in [0.4, 0.5) is 0 Å². The van der Waals surface area contributed by atoms with Crippen molar-refractivity contribution in [3.05, 3.63) is 75.8 Å². The van der Waals surface area contributed by atoms with Crippen molar-refractivity contribution in [3.63, 3.8) is 0 Å². The minimum Gasteiger partial charge on any atom is -0.336 e. The van der Waals surface area contributed by atoms with Crippen LogP contribution in [0, 0.1) is 3.57 Å². The van der Waals surface area contributed by atoms with Crippen LogP contribution in [0.25, 0.3) is 11.3 Å². The van der Waals surface area contributed by atoms with E-state index in [9.17, 15) is 4.79 Å². The van der Waals surface area contributed by atoms with Crippen molar-refractivity contribution < 1.29 is 4.79 Å². The first-order valence-electron chi connectivity index (χ1n) is 8.15. The number of benzene rings is 2. The summed E-state index contributed by atoms with van der Waals surface area (Å²) in [5.41, 5.74) is 2.76. The van der Waals surface area contributed by atoms with Crippen LogP contribution in [0.5, 0.6) is 0 Å². The minimum absolute atomic E-state index is 0.0183. The summed E-state index contributed by atoms with van der Waals surface area (Å²) in [7, 11) is 1.98. The predicted octanol–water partition coefficient (Wildman–Crippen LogP) is 4.23. The molecule has 0 aliphatic carbocycles. The Morgan fingerprint density at radius 3 is 2.52 bits per heavy atom. The van der Waals surface area contributed by atoms with Gasteiger partial charge >= 0.3 is 0 Å². The summed E-state index contributed by atoms with van der Waals surface area (Å²) in [6.07, 6.45) is 2.02. The van der Waals surface area contributed by atoms with E-state index >= 15 is 0 Å². The molecule has 25 heavy (non-hydrogen) atoms. The third-order valence-electron chi connectivity index (χ3n) is 4.10. The van der Waals surface area contributed by atoms with Gasteiger partial charge in [-0.2, -0.15) is 0 Å². The Balaban J connectivity index is 1.69. The molecule has 0 aliphatic heterocycles. The molecule has 0 spiro atoms. The standard InChI is InChI=1S/C20H20IN3O/c1-14(22-12-19(25)16-6-4-3-5-7-16)20-23-18(13-24(20)2)15-8-10-17(21)11-9-15/h3-11,13-14,22H,12H2,1-2H3/t14-/m1/s1. The Bertz CT molecular complexity index is 856. The number of ketones is 1. The van der Waals surface area contributed by atoms with Crippen LogP contribution in [0.3, 0.4) is 0 Å². The Hall–Kier alpha value is -1.99. The smallest absolute Gasteiger partial charge is 0.176 e. The Kier molecular flexibility index (Phi) is 5.65. The van der Waals surface area contributed by atoms with Gasteiger partial charge < -0.3 is 9.88 Å². The van der Waals surface area contributed by atoms with E-state index in [0.29, 0.717) is 0 Å². The van der Waals surface area contributed by atoms with Crippen LogP contribution in [-0.2, 0) is 7.05 Å². The number of nitrogens with zero attached hydrogens (tertiary/aromatic N) is 2. The molecule has 0 bridgehead atoms. The fraction of sp³-hybridized carbons (Fsp3) is 0.200. The summed E-state index contributed by atoms with van der Waals surface area (Å²) in [6.45, 7) is 2.31. The van der Waals surface area contributed by atoms with Crippen molar-refractivity contribution in [2.24, 2.45) is 7.05 Å². The van der Waals surface area contributed by atoms with E-state index in [4.69, 9.17) is 4.98 Å². The van der Waals surface area contributed by atoms with E-state index in [1.54, 1.807) is 0 Å². The predicted molar refractivity (Wildman–Crippen MR) is 109 cm³/mol. The van der Waals surface area contributed by atoms with Gasteiger partial charge in [-0.3, -0.25) is 4.79 Å². The average molecular weight is 445 g/mol. The number of rotatable bonds is 6. The normalized spacial score (nSPS) is 12.1. The molecule has 1 aromatic heterocycles. The maximum atomic E-state index is 12.2. The molecule has 1 heterocycles. The summed E-state index contributed by atoms with van der Waals surface area (Å²) < 4.78 is 3.21. The first kappa shape index (κ1) is 17.8. The molecule has 128 valence electrons. The summed E-state index contributed by atoms with van der Waals surface area (Å²) in [6, 6.07) is 17.6. The molecule has 4 nitrogen and oxygen atoms in total. The molecule has 2 aromatic carbocycles. The van der Waals surface area contributed by atoms with Gasteiger partial charge in [0.05, 0.1) is 18.3 Å². The number of aromatic nitrogens is 2. The minimum atomic E-state index is -0.0183. The highest BCUT2D eigenvalue weighted by Crippen LogP contribution is 2.22. The zero-order valence-corrected chi connectivity index (χ0v) is 16.4. The van der Waals surface area contributed by atoms with Gasteiger partial charge in [0.2, 0.25) is 0 Å². The zero-order chi connectivity index (χ0) is 17.8. The lowest BCUT2D eigenvalue weighted by Gasteiger charge is -2.13. The second kappa shape index (κ2) is 7.93. The highest BCUT2D eigenvalue weighted by Gasteiger charge is 2.15. The maximum absolute atomic E-state index is 12.2. The lowest BCUT2D eigenvalue weighted by atomic mass is 10.1. The van der Waals surface area contributed by atoms with Crippen LogP contribution in [0.2, 0.25) is 0 Å². The van der Waals surface area contributed by atoms with E-state index in [0.717, 1.165) is 22.6 Å². The molecule has 5 heteroatoms. The molecule has 0 radical (unpaired) electrons. The topological polar surface area (TPSA) is 46.9 Å².